The van der Waals surface area contributed by atoms with Crippen molar-refractivity contribution in [2.45, 2.75) is 24.9 Å². The Bertz CT molecular complexity index is 503. The predicted octanol–water partition coefficient (Wildman–Crippen LogP) is 1.87. The van der Waals surface area contributed by atoms with Gasteiger partial charge >= 0.3 is 0 Å². The second kappa shape index (κ2) is 10.7. The van der Waals surface area contributed by atoms with Crippen molar-refractivity contribution in [3.05, 3.63) is 34.9 Å². The van der Waals surface area contributed by atoms with Crippen LogP contribution < -0.4 is 16.8 Å². The maximum atomic E-state index is 12.1. The van der Waals surface area contributed by atoms with Crippen molar-refractivity contribution in [1.29, 1.82) is 0 Å². The predicted molar refractivity (Wildman–Crippen MR) is 94.4 cm³/mol. The molecule has 0 aliphatic heterocycles. The minimum Gasteiger partial charge on any atom is -0.370 e. The van der Waals surface area contributed by atoms with Gasteiger partial charge in [0.25, 0.3) is 0 Å². The van der Waals surface area contributed by atoms with Gasteiger partial charge in [-0.05, 0) is 36.1 Å². The number of amides is 2. The van der Waals surface area contributed by atoms with Crippen LogP contribution in [0.1, 0.15) is 24.4 Å². The highest BCUT2D eigenvalue weighted by Crippen LogP contribution is 2.20. The lowest BCUT2D eigenvalue weighted by molar-refractivity contribution is -0.123. The summed E-state index contributed by atoms with van der Waals surface area (Å²) in [5, 5.41) is 3.30. The Morgan fingerprint density at radius 3 is 2.64 bits per heavy atom. The molecule has 124 valence electrons. The van der Waals surface area contributed by atoms with E-state index in [0.717, 1.165) is 11.3 Å². The van der Waals surface area contributed by atoms with E-state index in [9.17, 15) is 9.59 Å². The zero-order chi connectivity index (χ0) is 15.8. The van der Waals surface area contributed by atoms with Crippen LogP contribution in [0.2, 0.25) is 5.02 Å². The summed E-state index contributed by atoms with van der Waals surface area (Å²) in [4.78, 5) is 23.3. The zero-order valence-electron chi connectivity index (χ0n) is 12.3. The van der Waals surface area contributed by atoms with Gasteiger partial charge in [0, 0.05) is 5.02 Å². The van der Waals surface area contributed by atoms with Gasteiger partial charge in [0.05, 0.1) is 18.5 Å². The van der Waals surface area contributed by atoms with Gasteiger partial charge in [-0.1, -0.05) is 23.7 Å². The van der Waals surface area contributed by atoms with Crippen molar-refractivity contribution >= 4 is 47.6 Å². The first-order valence-electron chi connectivity index (χ1n) is 6.52. The Kier molecular flexibility index (Phi) is 10.3. The number of halogens is 2. The van der Waals surface area contributed by atoms with Crippen molar-refractivity contribution in [2.24, 2.45) is 11.5 Å². The van der Waals surface area contributed by atoms with E-state index in [4.69, 9.17) is 23.1 Å². The first-order chi connectivity index (χ1) is 9.93. The molecule has 0 bridgehead atoms. The average molecular weight is 366 g/mol. The lowest BCUT2D eigenvalue weighted by Gasteiger charge is -2.20. The molecule has 22 heavy (non-hydrogen) atoms. The van der Waals surface area contributed by atoms with Crippen LogP contribution in [-0.2, 0) is 9.59 Å². The van der Waals surface area contributed by atoms with Gasteiger partial charge in [-0.25, -0.2) is 0 Å². The van der Waals surface area contributed by atoms with Crippen molar-refractivity contribution in [3.8, 4) is 0 Å². The molecular weight excluding hydrogens is 345 g/mol. The Morgan fingerprint density at radius 2 is 2.09 bits per heavy atom. The Balaban J connectivity index is 0.00000441. The van der Waals surface area contributed by atoms with E-state index in [1.54, 1.807) is 36.0 Å². The number of nitrogens with two attached hydrogens (primary N) is 2. The van der Waals surface area contributed by atoms with Gasteiger partial charge in [0.2, 0.25) is 11.8 Å². The molecule has 0 heterocycles. The fraction of sp³-hybridized carbons (Fsp3) is 0.429. The molecule has 1 rings (SSSR count). The highest BCUT2D eigenvalue weighted by molar-refractivity contribution is 7.98. The summed E-state index contributed by atoms with van der Waals surface area (Å²) in [6.45, 7) is 0. The second-order valence-electron chi connectivity index (χ2n) is 4.67. The highest BCUT2D eigenvalue weighted by atomic mass is 35.5. The van der Waals surface area contributed by atoms with Gasteiger partial charge in [-0.3, -0.25) is 9.59 Å². The molecule has 0 aliphatic carbocycles. The molecule has 0 saturated heterocycles. The SMILES string of the molecule is CSCC[C@H](N)C(=O)N[C@H](CC(N)=O)c1cccc(Cl)c1.Cl. The van der Waals surface area contributed by atoms with E-state index in [1.165, 1.54) is 0 Å². The summed E-state index contributed by atoms with van der Waals surface area (Å²) >= 11 is 7.56. The van der Waals surface area contributed by atoms with Gasteiger partial charge in [0.15, 0.2) is 0 Å². The number of carbonyl (C=O) groups is 2. The lowest BCUT2D eigenvalue weighted by Crippen LogP contribution is -2.43. The summed E-state index contributed by atoms with van der Waals surface area (Å²) in [6.07, 6.45) is 2.53. The molecule has 5 nitrogen and oxygen atoms in total. The number of hydrogen-bond acceptors (Lipinski definition) is 4. The summed E-state index contributed by atoms with van der Waals surface area (Å²) in [7, 11) is 0. The van der Waals surface area contributed by atoms with Crippen molar-refractivity contribution in [3.63, 3.8) is 0 Å². The van der Waals surface area contributed by atoms with Gasteiger partial charge < -0.3 is 16.8 Å². The van der Waals surface area contributed by atoms with Crippen LogP contribution >= 0.6 is 35.8 Å². The minimum atomic E-state index is -0.605. The highest BCUT2D eigenvalue weighted by Gasteiger charge is 2.21. The van der Waals surface area contributed by atoms with Crippen LogP contribution in [0.5, 0.6) is 0 Å². The second-order valence-corrected chi connectivity index (χ2v) is 6.10. The molecule has 5 N–H and O–H groups in total. The van der Waals surface area contributed by atoms with Crippen LogP contribution in [0.3, 0.4) is 0 Å². The molecule has 1 aromatic rings. The number of benzene rings is 1. The van der Waals surface area contributed by atoms with E-state index < -0.39 is 18.0 Å². The van der Waals surface area contributed by atoms with Crippen molar-refractivity contribution in [1.82, 2.24) is 5.32 Å². The van der Waals surface area contributed by atoms with Crippen LogP contribution in [0.15, 0.2) is 24.3 Å². The fourth-order valence-electron chi connectivity index (χ4n) is 1.83. The summed E-state index contributed by atoms with van der Waals surface area (Å²) in [5.74, 6) is -0.0000744. The van der Waals surface area contributed by atoms with E-state index in [1.807, 2.05) is 6.26 Å². The number of nitrogens with one attached hydrogen (secondary N) is 1. The van der Waals surface area contributed by atoms with Crippen LogP contribution in [0, 0.1) is 0 Å². The average Bonchev–Trinajstić information content (AvgIpc) is 2.43. The maximum Gasteiger partial charge on any atom is 0.237 e. The molecule has 0 aromatic heterocycles. The van der Waals surface area contributed by atoms with Gasteiger partial charge in [-0.15, -0.1) is 12.4 Å². The number of primary amides is 1. The summed E-state index contributed by atoms with van der Waals surface area (Å²) < 4.78 is 0. The molecule has 2 atom stereocenters. The summed E-state index contributed by atoms with van der Waals surface area (Å²) in [5.41, 5.74) is 11.8. The normalized spacial score (nSPS) is 12.9. The minimum absolute atomic E-state index is 0. The first-order valence-corrected chi connectivity index (χ1v) is 8.30. The van der Waals surface area contributed by atoms with E-state index in [2.05, 4.69) is 5.32 Å². The molecule has 0 fully saturated rings. The van der Waals surface area contributed by atoms with E-state index in [-0.39, 0.29) is 24.7 Å². The van der Waals surface area contributed by atoms with Crippen molar-refractivity contribution in [2.75, 3.05) is 12.0 Å². The number of thioether (sulfide) groups is 1. The third-order valence-corrected chi connectivity index (χ3v) is 3.82. The molecule has 0 radical (unpaired) electrons. The molecule has 0 saturated carbocycles. The molecule has 8 heteroatoms. The van der Waals surface area contributed by atoms with Crippen LogP contribution in [0.25, 0.3) is 0 Å². The first kappa shape index (κ1) is 21.0. The number of hydrogen-bond donors (Lipinski definition) is 3. The van der Waals surface area contributed by atoms with Crippen molar-refractivity contribution < 1.29 is 9.59 Å². The Labute approximate surface area is 145 Å². The standard InChI is InChI=1S/C14H20ClN3O2S.ClH/c1-21-6-5-11(16)14(20)18-12(8-13(17)19)9-3-2-4-10(15)7-9;/h2-4,7,11-12H,5-6,8,16H2,1H3,(H2,17,19)(H,18,20);1H/t11-,12+;/m0./s1. The van der Waals surface area contributed by atoms with Gasteiger partial charge in [-0.2, -0.15) is 11.8 Å². The Morgan fingerprint density at radius 1 is 1.41 bits per heavy atom. The quantitative estimate of drug-likeness (QED) is 0.654. The fourth-order valence-corrected chi connectivity index (χ4v) is 2.52. The van der Waals surface area contributed by atoms with Crippen LogP contribution in [0.4, 0.5) is 0 Å². The van der Waals surface area contributed by atoms with E-state index in [0.29, 0.717) is 11.4 Å². The summed E-state index contributed by atoms with van der Waals surface area (Å²) in [6, 6.07) is 5.83. The molecule has 0 aliphatic rings. The molecule has 2 amide bonds. The molecular formula is C14H21Cl2N3O2S. The number of carbonyl (C=O) groups excluding carboxylic acids is 2. The largest absolute Gasteiger partial charge is 0.370 e. The monoisotopic (exact) mass is 365 g/mol. The lowest BCUT2D eigenvalue weighted by atomic mass is 10.0. The Hall–Kier alpha value is -0.950. The third-order valence-electron chi connectivity index (χ3n) is 2.94. The molecule has 1 aromatic carbocycles. The van der Waals surface area contributed by atoms with Crippen LogP contribution in [-0.4, -0.2) is 29.9 Å². The smallest absolute Gasteiger partial charge is 0.237 e. The van der Waals surface area contributed by atoms with E-state index >= 15 is 0 Å². The number of rotatable bonds is 8. The zero-order valence-corrected chi connectivity index (χ0v) is 14.6. The van der Waals surface area contributed by atoms with Gasteiger partial charge in [0.1, 0.15) is 0 Å². The molecule has 0 spiro atoms. The topological polar surface area (TPSA) is 98.2 Å². The molecule has 0 unspecified atom stereocenters. The maximum absolute atomic E-state index is 12.1. The third kappa shape index (κ3) is 7.35.